The van der Waals surface area contributed by atoms with Gasteiger partial charge in [0.1, 0.15) is 24.4 Å². The molecule has 0 aromatic heterocycles. The Kier molecular flexibility index (Phi) is 9.56. The number of carbonyl (C=O) groups is 2. The number of hydrogen-bond donors (Lipinski definition) is 6. The zero-order chi connectivity index (χ0) is 18.1. The molecule has 1 saturated heterocycles. The normalized spacial score (nSPS) is 30.0. The summed E-state index contributed by atoms with van der Waals surface area (Å²) in [5.74, 6) is 0.762. The van der Waals surface area contributed by atoms with Gasteiger partial charge in [0, 0.05) is 30.9 Å². The van der Waals surface area contributed by atoms with Crippen LogP contribution in [0.3, 0.4) is 0 Å². The Labute approximate surface area is 144 Å². The molecule has 0 aromatic carbocycles. The van der Waals surface area contributed by atoms with Crippen molar-refractivity contribution in [2.75, 3.05) is 24.7 Å². The summed E-state index contributed by atoms with van der Waals surface area (Å²) < 4.78 is 4.96. The average molecular weight is 366 g/mol. The Morgan fingerprint density at radius 1 is 1.12 bits per heavy atom. The maximum atomic E-state index is 11.8. The number of carbonyl (C=O) groups excluding carboxylic acids is 2. The number of thioether (sulfide) groups is 1. The van der Waals surface area contributed by atoms with Crippen LogP contribution < -0.4 is 10.6 Å². The van der Waals surface area contributed by atoms with Gasteiger partial charge in [0.15, 0.2) is 6.29 Å². The van der Waals surface area contributed by atoms with E-state index in [0.29, 0.717) is 24.5 Å². The minimum absolute atomic E-state index is 0.0200. The number of ether oxygens (including phenoxy) is 1. The molecule has 1 heterocycles. The standard InChI is InChI=1S/C14H26N2O7S/c1-2-9(18)15-4-6-24-5-3-10(19)16-11-13(21)12(20)8(7-17)23-14(11)22/h8,11-14,17,20-22H,2-7H2,1H3,(H,15,18)(H,16,19)/t8?,11-,12+,13?,14?/m0/s1. The molecule has 1 rings (SSSR count). The molecule has 1 fully saturated rings. The van der Waals surface area contributed by atoms with Gasteiger partial charge < -0.3 is 35.8 Å². The third-order valence-electron chi connectivity index (χ3n) is 3.59. The fraction of sp³-hybridized carbons (Fsp3) is 0.857. The highest BCUT2D eigenvalue weighted by atomic mass is 32.2. The van der Waals surface area contributed by atoms with Crippen LogP contribution in [-0.4, -0.2) is 87.5 Å². The van der Waals surface area contributed by atoms with Gasteiger partial charge in [0.2, 0.25) is 11.8 Å². The molecule has 9 nitrogen and oxygen atoms in total. The molecular weight excluding hydrogens is 340 g/mol. The van der Waals surface area contributed by atoms with Crippen LogP contribution in [0.2, 0.25) is 0 Å². The van der Waals surface area contributed by atoms with Gasteiger partial charge in [-0.15, -0.1) is 0 Å². The minimum atomic E-state index is -1.51. The second kappa shape index (κ2) is 10.9. The van der Waals surface area contributed by atoms with Crippen molar-refractivity contribution >= 4 is 23.6 Å². The van der Waals surface area contributed by atoms with Gasteiger partial charge in [0.05, 0.1) is 6.61 Å². The monoisotopic (exact) mass is 366 g/mol. The van der Waals surface area contributed by atoms with Crippen LogP contribution in [0, 0.1) is 0 Å². The number of rotatable bonds is 9. The maximum Gasteiger partial charge on any atom is 0.221 e. The number of aliphatic hydroxyl groups excluding tert-OH is 4. The highest BCUT2D eigenvalue weighted by Gasteiger charge is 2.44. The molecule has 3 unspecified atom stereocenters. The van der Waals surface area contributed by atoms with E-state index in [0.717, 1.165) is 0 Å². The largest absolute Gasteiger partial charge is 0.394 e. The summed E-state index contributed by atoms with van der Waals surface area (Å²) >= 11 is 1.49. The first-order valence-electron chi connectivity index (χ1n) is 7.85. The van der Waals surface area contributed by atoms with Gasteiger partial charge in [-0.3, -0.25) is 9.59 Å². The highest BCUT2D eigenvalue weighted by Crippen LogP contribution is 2.19. The lowest BCUT2D eigenvalue weighted by atomic mass is 9.97. The molecule has 0 aromatic rings. The van der Waals surface area contributed by atoms with E-state index in [1.807, 2.05) is 0 Å². The zero-order valence-electron chi connectivity index (χ0n) is 13.6. The molecule has 1 aliphatic heterocycles. The molecule has 0 aliphatic carbocycles. The predicted octanol–water partition coefficient (Wildman–Crippen LogP) is -2.45. The molecule has 140 valence electrons. The topological polar surface area (TPSA) is 148 Å². The summed E-state index contributed by atoms with van der Waals surface area (Å²) in [6.45, 7) is 1.74. The maximum absolute atomic E-state index is 11.8. The number of amides is 2. The van der Waals surface area contributed by atoms with E-state index in [1.54, 1.807) is 6.92 Å². The zero-order valence-corrected chi connectivity index (χ0v) is 14.4. The van der Waals surface area contributed by atoms with E-state index in [2.05, 4.69) is 10.6 Å². The Morgan fingerprint density at radius 3 is 2.46 bits per heavy atom. The first-order chi connectivity index (χ1) is 11.4. The molecule has 0 radical (unpaired) electrons. The molecule has 0 spiro atoms. The van der Waals surface area contributed by atoms with Crippen molar-refractivity contribution in [1.29, 1.82) is 0 Å². The van der Waals surface area contributed by atoms with Gasteiger partial charge in [-0.1, -0.05) is 6.92 Å². The summed E-state index contributed by atoms with van der Waals surface area (Å²) in [6, 6.07) is -1.16. The van der Waals surface area contributed by atoms with Crippen LogP contribution in [0.15, 0.2) is 0 Å². The number of aliphatic hydroxyl groups is 4. The second-order valence-electron chi connectivity index (χ2n) is 5.39. The minimum Gasteiger partial charge on any atom is -0.394 e. The van der Waals surface area contributed by atoms with Crippen molar-refractivity contribution in [3.05, 3.63) is 0 Å². The number of nitrogens with one attached hydrogen (secondary N) is 2. The van der Waals surface area contributed by atoms with Gasteiger partial charge >= 0.3 is 0 Å². The van der Waals surface area contributed by atoms with E-state index in [4.69, 9.17) is 9.84 Å². The summed E-state index contributed by atoms with van der Waals surface area (Å²) in [7, 11) is 0. The van der Waals surface area contributed by atoms with E-state index in [9.17, 15) is 24.9 Å². The van der Waals surface area contributed by atoms with Crippen molar-refractivity contribution in [2.45, 2.75) is 50.4 Å². The first kappa shape index (κ1) is 21.1. The van der Waals surface area contributed by atoms with Crippen LogP contribution in [0.25, 0.3) is 0 Å². The van der Waals surface area contributed by atoms with Gasteiger partial charge in [0.25, 0.3) is 0 Å². The molecule has 1 aliphatic rings. The van der Waals surface area contributed by atoms with Crippen LogP contribution in [0.5, 0.6) is 0 Å². The Hall–Kier alpha value is -0.910. The fourth-order valence-corrected chi connectivity index (χ4v) is 2.95. The van der Waals surface area contributed by atoms with Crippen molar-refractivity contribution in [2.24, 2.45) is 0 Å². The fourth-order valence-electron chi connectivity index (χ4n) is 2.17. The summed E-state index contributed by atoms with van der Waals surface area (Å²) in [5.41, 5.74) is 0. The van der Waals surface area contributed by atoms with Crippen LogP contribution in [0.4, 0.5) is 0 Å². The Morgan fingerprint density at radius 2 is 1.83 bits per heavy atom. The van der Waals surface area contributed by atoms with E-state index in [-0.39, 0.29) is 12.3 Å². The number of hydrogen-bond acceptors (Lipinski definition) is 8. The molecule has 0 saturated carbocycles. The van der Waals surface area contributed by atoms with Gasteiger partial charge in [-0.2, -0.15) is 11.8 Å². The van der Waals surface area contributed by atoms with Crippen LogP contribution in [0.1, 0.15) is 19.8 Å². The lowest BCUT2D eigenvalue weighted by molar-refractivity contribution is -0.253. The molecule has 6 N–H and O–H groups in total. The summed E-state index contributed by atoms with van der Waals surface area (Å²) in [6.07, 6.45) is -4.86. The average Bonchev–Trinajstić information content (AvgIpc) is 2.57. The SMILES string of the molecule is CCC(=O)NCCSCCC(=O)N[C@@H]1C(O)OC(CO)[C@@H](O)C1O. The second-order valence-corrected chi connectivity index (χ2v) is 6.61. The van der Waals surface area contributed by atoms with E-state index in [1.165, 1.54) is 11.8 Å². The van der Waals surface area contributed by atoms with E-state index < -0.39 is 43.2 Å². The summed E-state index contributed by atoms with van der Waals surface area (Å²) in [5, 5.41) is 43.5. The first-order valence-corrected chi connectivity index (χ1v) is 9.00. The molecule has 24 heavy (non-hydrogen) atoms. The van der Waals surface area contributed by atoms with Crippen LogP contribution >= 0.6 is 11.8 Å². The molecule has 2 amide bonds. The molecule has 10 heteroatoms. The summed E-state index contributed by atoms with van der Waals surface area (Å²) in [4.78, 5) is 22.9. The van der Waals surface area contributed by atoms with Crippen LogP contribution in [-0.2, 0) is 14.3 Å². The lowest BCUT2D eigenvalue weighted by Crippen LogP contribution is -2.64. The van der Waals surface area contributed by atoms with E-state index >= 15 is 0 Å². The third-order valence-corrected chi connectivity index (χ3v) is 4.58. The van der Waals surface area contributed by atoms with Crippen molar-refractivity contribution < 1.29 is 34.8 Å². The van der Waals surface area contributed by atoms with Gasteiger partial charge in [-0.05, 0) is 0 Å². The van der Waals surface area contributed by atoms with Gasteiger partial charge in [-0.25, -0.2) is 0 Å². The van der Waals surface area contributed by atoms with Crippen molar-refractivity contribution in [1.82, 2.24) is 10.6 Å². The van der Waals surface area contributed by atoms with Crippen molar-refractivity contribution in [3.8, 4) is 0 Å². The Balaban J connectivity index is 2.26. The molecular formula is C14H26N2O7S. The van der Waals surface area contributed by atoms with Crippen molar-refractivity contribution in [3.63, 3.8) is 0 Å². The molecule has 0 bridgehead atoms. The highest BCUT2D eigenvalue weighted by molar-refractivity contribution is 7.99. The lowest BCUT2D eigenvalue weighted by Gasteiger charge is -2.40. The Bertz CT molecular complexity index is 413. The third kappa shape index (κ3) is 6.54. The predicted molar refractivity (Wildman–Crippen MR) is 87.2 cm³/mol. The molecule has 5 atom stereocenters. The quantitative estimate of drug-likeness (QED) is 0.246. The smallest absolute Gasteiger partial charge is 0.221 e.